The van der Waals surface area contributed by atoms with Gasteiger partial charge in [-0.2, -0.15) is 0 Å². The maximum absolute atomic E-state index is 11.8. The zero-order chi connectivity index (χ0) is 13.1. The van der Waals surface area contributed by atoms with Crippen molar-refractivity contribution in [3.05, 3.63) is 35.9 Å². The van der Waals surface area contributed by atoms with Crippen LogP contribution in [0.2, 0.25) is 0 Å². The fourth-order valence-corrected chi connectivity index (χ4v) is 1.98. The summed E-state index contributed by atoms with van der Waals surface area (Å²) in [4.78, 5) is 11.8. The molecule has 2 aromatic carbocycles. The molecule has 94 valence electrons. The molecule has 0 aliphatic heterocycles. The lowest BCUT2D eigenvalue weighted by Gasteiger charge is -2.12. The largest absolute Gasteiger partial charge is 0.496 e. The Labute approximate surface area is 105 Å². The molecule has 0 spiro atoms. The van der Waals surface area contributed by atoms with Crippen molar-refractivity contribution in [3.8, 4) is 11.5 Å². The van der Waals surface area contributed by atoms with Crippen LogP contribution in [0.15, 0.2) is 30.3 Å². The van der Waals surface area contributed by atoms with Crippen molar-refractivity contribution in [2.45, 2.75) is 0 Å². The lowest BCUT2D eigenvalue weighted by atomic mass is 10.0. The highest BCUT2D eigenvalue weighted by molar-refractivity contribution is 6.08. The Morgan fingerprint density at radius 1 is 0.944 bits per heavy atom. The van der Waals surface area contributed by atoms with E-state index in [4.69, 9.17) is 14.2 Å². The summed E-state index contributed by atoms with van der Waals surface area (Å²) in [6.07, 6.45) is 0. The molecule has 0 radical (unpaired) electrons. The molecule has 0 aliphatic carbocycles. The molecule has 0 unspecified atom stereocenters. The first-order valence-electron chi connectivity index (χ1n) is 5.45. The van der Waals surface area contributed by atoms with Gasteiger partial charge in [0.1, 0.15) is 11.5 Å². The molecule has 0 bridgehead atoms. The summed E-state index contributed by atoms with van der Waals surface area (Å²) < 4.78 is 15.4. The molecule has 0 saturated carbocycles. The van der Waals surface area contributed by atoms with E-state index in [-0.39, 0.29) is 0 Å². The Hall–Kier alpha value is -2.23. The van der Waals surface area contributed by atoms with Crippen LogP contribution in [0.3, 0.4) is 0 Å². The number of hydrogen-bond acceptors (Lipinski definition) is 4. The van der Waals surface area contributed by atoms with Crippen LogP contribution in [0.25, 0.3) is 10.8 Å². The van der Waals surface area contributed by atoms with Crippen molar-refractivity contribution >= 4 is 16.7 Å². The fourth-order valence-electron chi connectivity index (χ4n) is 1.98. The number of hydrogen-bond donors (Lipinski definition) is 0. The van der Waals surface area contributed by atoms with Gasteiger partial charge in [0.25, 0.3) is 0 Å². The number of carbonyl (C=O) groups excluding carboxylic acids is 1. The molecular weight excluding hydrogens is 232 g/mol. The van der Waals surface area contributed by atoms with Gasteiger partial charge < -0.3 is 14.2 Å². The van der Waals surface area contributed by atoms with Crippen LogP contribution in [-0.2, 0) is 4.74 Å². The van der Waals surface area contributed by atoms with E-state index in [0.29, 0.717) is 22.4 Å². The van der Waals surface area contributed by atoms with Crippen molar-refractivity contribution in [2.75, 3.05) is 21.3 Å². The number of esters is 1. The van der Waals surface area contributed by atoms with E-state index in [1.165, 1.54) is 7.11 Å². The average molecular weight is 246 g/mol. The summed E-state index contributed by atoms with van der Waals surface area (Å²) >= 11 is 0. The molecule has 0 saturated heterocycles. The summed E-state index contributed by atoms with van der Waals surface area (Å²) in [7, 11) is 4.51. The fraction of sp³-hybridized carbons (Fsp3) is 0.214. The molecule has 0 amide bonds. The van der Waals surface area contributed by atoms with Gasteiger partial charge in [-0.15, -0.1) is 0 Å². The second kappa shape index (κ2) is 4.96. The van der Waals surface area contributed by atoms with E-state index >= 15 is 0 Å². The van der Waals surface area contributed by atoms with Gasteiger partial charge in [0.15, 0.2) is 0 Å². The molecule has 4 heteroatoms. The number of rotatable bonds is 3. The van der Waals surface area contributed by atoms with Gasteiger partial charge in [-0.1, -0.05) is 12.1 Å². The van der Waals surface area contributed by atoms with Crippen LogP contribution < -0.4 is 9.47 Å². The minimum Gasteiger partial charge on any atom is -0.496 e. The first-order valence-corrected chi connectivity index (χ1v) is 5.45. The third kappa shape index (κ3) is 1.86. The number of carbonyl (C=O) groups is 1. The zero-order valence-corrected chi connectivity index (χ0v) is 10.5. The third-order valence-corrected chi connectivity index (χ3v) is 2.81. The Kier molecular flexibility index (Phi) is 3.37. The second-order valence-corrected chi connectivity index (χ2v) is 3.69. The molecular formula is C14H14O4. The van der Waals surface area contributed by atoms with Gasteiger partial charge in [0.2, 0.25) is 0 Å². The van der Waals surface area contributed by atoms with E-state index < -0.39 is 5.97 Å². The molecule has 0 N–H and O–H groups in total. The van der Waals surface area contributed by atoms with Gasteiger partial charge in [-0.3, -0.25) is 0 Å². The zero-order valence-electron chi connectivity index (χ0n) is 10.5. The monoisotopic (exact) mass is 246 g/mol. The lowest BCUT2D eigenvalue weighted by molar-refractivity contribution is 0.0603. The van der Waals surface area contributed by atoms with Crippen molar-refractivity contribution in [2.24, 2.45) is 0 Å². The van der Waals surface area contributed by atoms with E-state index in [0.717, 1.165) is 5.39 Å². The van der Waals surface area contributed by atoms with Crippen LogP contribution >= 0.6 is 0 Å². The summed E-state index contributed by atoms with van der Waals surface area (Å²) in [6.45, 7) is 0. The maximum Gasteiger partial charge on any atom is 0.338 e. The van der Waals surface area contributed by atoms with Gasteiger partial charge in [0.05, 0.1) is 26.9 Å². The highest BCUT2D eigenvalue weighted by Gasteiger charge is 2.16. The van der Waals surface area contributed by atoms with Crippen molar-refractivity contribution in [3.63, 3.8) is 0 Å². The normalized spacial score (nSPS) is 10.2. The quantitative estimate of drug-likeness (QED) is 0.781. The highest BCUT2D eigenvalue weighted by atomic mass is 16.5. The Bertz CT molecular complexity index is 590. The second-order valence-electron chi connectivity index (χ2n) is 3.69. The van der Waals surface area contributed by atoms with Crippen molar-refractivity contribution in [1.82, 2.24) is 0 Å². The number of methoxy groups -OCH3 is 3. The first kappa shape index (κ1) is 12.2. The van der Waals surface area contributed by atoms with E-state index in [1.807, 2.05) is 12.1 Å². The summed E-state index contributed by atoms with van der Waals surface area (Å²) in [5.74, 6) is 0.913. The average Bonchev–Trinajstić information content (AvgIpc) is 2.44. The van der Waals surface area contributed by atoms with Gasteiger partial charge in [0, 0.05) is 10.8 Å². The molecule has 0 aliphatic rings. The van der Waals surface area contributed by atoms with Crippen LogP contribution in [0.1, 0.15) is 10.4 Å². The standard InChI is InChI=1S/C14H14O4/c1-16-11-7-8-12(17-2)13-9(11)5-4-6-10(13)14(15)18-3/h4-8H,1-3H3. The van der Waals surface area contributed by atoms with Crippen LogP contribution in [0.5, 0.6) is 11.5 Å². The number of fused-ring (bicyclic) bond motifs is 1. The molecule has 18 heavy (non-hydrogen) atoms. The molecule has 0 atom stereocenters. The molecule has 2 aromatic rings. The minimum absolute atomic E-state index is 0.396. The Balaban J connectivity index is 2.84. The molecule has 0 heterocycles. The van der Waals surface area contributed by atoms with Crippen LogP contribution in [-0.4, -0.2) is 27.3 Å². The Morgan fingerprint density at radius 2 is 1.61 bits per heavy atom. The number of benzene rings is 2. The number of ether oxygens (including phenoxy) is 3. The molecule has 4 nitrogen and oxygen atoms in total. The van der Waals surface area contributed by atoms with E-state index in [1.54, 1.807) is 32.4 Å². The first-order chi connectivity index (χ1) is 8.72. The summed E-state index contributed by atoms with van der Waals surface area (Å²) in [5.41, 5.74) is 0.464. The molecule has 0 aromatic heterocycles. The maximum atomic E-state index is 11.8. The molecule has 2 rings (SSSR count). The highest BCUT2D eigenvalue weighted by Crippen LogP contribution is 2.35. The molecule has 0 fully saturated rings. The lowest BCUT2D eigenvalue weighted by Crippen LogP contribution is -2.03. The van der Waals surface area contributed by atoms with Crippen LogP contribution in [0, 0.1) is 0 Å². The van der Waals surface area contributed by atoms with Gasteiger partial charge >= 0.3 is 5.97 Å². The third-order valence-electron chi connectivity index (χ3n) is 2.81. The minimum atomic E-state index is -0.396. The predicted octanol–water partition coefficient (Wildman–Crippen LogP) is 2.64. The van der Waals surface area contributed by atoms with Crippen LogP contribution in [0.4, 0.5) is 0 Å². The predicted molar refractivity (Wildman–Crippen MR) is 68.4 cm³/mol. The van der Waals surface area contributed by atoms with E-state index in [2.05, 4.69) is 0 Å². The summed E-state index contributed by atoms with van der Waals surface area (Å²) in [6, 6.07) is 8.95. The van der Waals surface area contributed by atoms with Gasteiger partial charge in [-0.05, 0) is 18.2 Å². The Morgan fingerprint density at radius 3 is 2.22 bits per heavy atom. The van der Waals surface area contributed by atoms with E-state index in [9.17, 15) is 4.79 Å². The van der Waals surface area contributed by atoms with Crippen molar-refractivity contribution < 1.29 is 19.0 Å². The topological polar surface area (TPSA) is 44.8 Å². The van der Waals surface area contributed by atoms with Crippen molar-refractivity contribution in [1.29, 1.82) is 0 Å². The SMILES string of the molecule is COC(=O)c1cccc2c(OC)ccc(OC)c12. The van der Waals surface area contributed by atoms with Gasteiger partial charge in [-0.25, -0.2) is 4.79 Å². The summed E-state index contributed by atoms with van der Waals surface area (Å²) in [5, 5.41) is 1.52. The smallest absolute Gasteiger partial charge is 0.338 e.